The third-order valence-electron chi connectivity index (χ3n) is 6.46. The summed E-state index contributed by atoms with van der Waals surface area (Å²) in [6, 6.07) is 18.0. The standard InChI is InChI=1S/C26H30N4O3/c1-19-22(15-20-9-4-3-5-10-20)25(31)30-18-28(16-21-11-8-14-33-21)17-29(26(30)27-19)23-12-6-7-13-24(23)32-2/h3-7,9-10,12-13,21H,8,11,14-18H2,1-2H3. The second kappa shape index (κ2) is 9.37. The summed E-state index contributed by atoms with van der Waals surface area (Å²) in [4.78, 5) is 23.1. The van der Waals surface area contributed by atoms with Crippen LogP contribution in [0.2, 0.25) is 0 Å². The van der Waals surface area contributed by atoms with Crippen LogP contribution in [0.3, 0.4) is 0 Å². The number of benzene rings is 2. The molecular formula is C26H30N4O3. The monoisotopic (exact) mass is 446 g/mol. The van der Waals surface area contributed by atoms with Crippen molar-refractivity contribution in [1.29, 1.82) is 0 Å². The number of nitrogens with zero attached hydrogens (tertiary/aromatic N) is 4. The van der Waals surface area contributed by atoms with E-state index in [4.69, 9.17) is 14.5 Å². The van der Waals surface area contributed by atoms with Crippen LogP contribution in [0.15, 0.2) is 59.4 Å². The van der Waals surface area contributed by atoms with Gasteiger partial charge in [-0.2, -0.15) is 0 Å². The highest BCUT2D eigenvalue weighted by Gasteiger charge is 2.31. The molecule has 0 spiro atoms. The molecule has 7 nitrogen and oxygen atoms in total. The molecule has 1 fully saturated rings. The summed E-state index contributed by atoms with van der Waals surface area (Å²) in [7, 11) is 1.67. The van der Waals surface area contributed by atoms with Crippen LogP contribution in [0, 0.1) is 6.92 Å². The van der Waals surface area contributed by atoms with Crippen molar-refractivity contribution in [2.75, 3.05) is 31.8 Å². The van der Waals surface area contributed by atoms with E-state index in [-0.39, 0.29) is 11.7 Å². The summed E-state index contributed by atoms with van der Waals surface area (Å²) < 4.78 is 13.3. The molecule has 0 bridgehead atoms. The summed E-state index contributed by atoms with van der Waals surface area (Å²) in [5.74, 6) is 1.41. The predicted molar refractivity (Wildman–Crippen MR) is 128 cm³/mol. The zero-order valence-electron chi connectivity index (χ0n) is 19.2. The lowest BCUT2D eigenvalue weighted by molar-refractivity contribution is 0.0583. The van der Waals surface area contributed by atoms with Crippen molar-refractivity contribution in [2.45, 2.75) is 39.0 Å². The van der Waals surface area contributed by atoms with E-state index in [9.17, 15) is 4.79 Å². The summed E-state index contributed by atoms with van der Waals surface area (Å²) in [5, 5.41) is 0. The van der Waals surface area contributed by atoms with Gasteiger partial charge >= 0.3 is 0 Å². The Hall–Kier alpha value is -3.16. The molecule has 3 heterocycles. The molecule has 1 aromatic heterocycles. The minimum absolute atomic E-state index is 0.0123. The predicted octanol–water partition coefficient (Wildman–Crippen LogP) is 3.70. The lowest BCUT2D eigenvalue weighted by atomic mass is 10.1. The quantitative estimate of drug-likeness (QED) is 0.576. The molecule has 2 aromatic carbocycles. The molecule has 0 aliphatic carbocycles. The van der Waals surface area contributed by atoms with Gasteiger partial charge in [-0.05, 0) is 37.5 Å². The van der Waals surface area contributed by atoms with Gasteiger partial charge in [-0.3, -0.25) is 19.2 Å². The van der Waals surface area contributed by atoms with Gasteiger partial charge in [0.25, 0.3) is 5.56 Å². The van der Waals surface area contributed by atoms with Crippen LogP contribution < -0.4 is 15.2 Å². The van der Waals surface area contributed by atoms with Crippen LogP contribution in [0.1, 0.15) is 29.7 Å². The maximum absolute atomic E-state index is 13.8. The van der Waals surface area contributed by atoms with E-state index in [1.165, 1.54) is 0 Å². The highest BCUT2D eigenvalue weighted by molar-refractivity contribution is 5.66. The molecule has 2 aliphatic heterocycles. The normalized spacial score (nSPS) is 18.4. The largest absolute Gasteiger partial charge is 0.495 e. The molecule has 0 radical (unpaired) electrons. The van der Waals surface area contributed by atoms with Crippen LogP contribution in [0.4, 0.5) is 11.6 Å². The summed E-state index contributed by atoms with van der Waals surface area (Å²) in [6.45, 7) is 4.63. The Morgan fingerprint density at radius 3 is 2.64 bits per heavy atom. The number of rotatable bonds is 6. The molecule has 3 aromatic rings. The van der Waals surface area contributed by atoms with E-state index >= 15 is 0 Å². The van der Waals surface area contributed by atoms with E-state index < -0.39 is 0 Å². The summed E-state index contributed by atoms with van der Waals surface area (Å²) in [6.07, 6.45) is 2.91. The molecule has 0 saturated carbocycles. The number of hydrogen-bond acceptors (Lipinski definition) is 6. The maximum Gasteiger partial charge on any atom is 0.259 e. The second-order valence-electron chi connectivity index (χ2n) is 8.74. The van der Waals surface area contributed by atoms with Crippen LogP contribution in [0.5, 0.6) is 5.75 Å². The van der Waals surface area contributed by atoms with Crippen molar-refractivity contribution >= 4 is 11.6 Å². The number of anilines is 2. The number of para-hydroxylation sites is 2. The summed E-state index contributed by atoms with van der Waals surface area (Å²) in [5.41, 5.74) is 3.52. The van der Waals surface area contributed by atoms with E-state index in [0.717, 1.165) is 54.3 Å². The Morgan fingerprint density at radius 2 is 1.88 bits per heavy atom. The van der Waals surface area contributed by atoms with Gasteiger partial charge in [-0.15, -0.1) is 0 Å². The first-order valence-electron chi connectivity index (χ1n) is 11.5. The van der Waals surface area contributed by atoms with Crippen molar-refractivity contribution in [3.63, 3.8) is 0 Å². The Bertz CT molecular complexity index is 1170. The van der Waals surface area contributed by atoms with Crippen LogP contribution >= 0.6 is 0 Å². The van der Waals surface area contributed by atoms with Gasteiger partial charge in [0, 0.05) is 25.1 Å². The minimum Gasteiger partial charge on any atom is -0.495 e. The molecule has 1 saturated heterocycles. The smallest absolute Gasteiger partial charge is 0.259 e. The lowest BCUT2D eigenvalue weighted by Gasteiger charge is -2.39. The van der Waals surface area contributed by atoms with Crippen LogP contribution in [-0.4, -0.2) is 47.5 Å². The Labute approximate surface area is 194 Å². The highest BCUT2D eigenvalue weighted by Crippen LogP contribution is 2.35. The second-order valence-corrected chi connectivity index (χ2v) is 8.74. The van der Waals surface area contributed by atoms with E-state index in [1.54, 1.807) is 11.7 Å². The highest BCUT2D eigenvalue weighted by atomic mass is 16.5. The Morgan fingerprint density at radius 1 is 1.09 bits per heavy atom. The number of aryl methyl sites for hydroxylation is 1. The van der Waals surface area contributed by atoms with Gasteiger partial charge in [0.05, 0.1) is 37.9 Å². The molecule has 0 N–H and O–H groups in total. The number of fused-ring (bicyclic) bond motifs is 1. The van der Waals surface area contributed by atoms with Crippen molar-refractivity contribution in [3.8, 4) is 5.75 Å². The third-order valence-corrected chi connectivity index (χ3v) is 6.46. The van der Waals surface area contributed by atoms with Crippen molar-refractivity contribution < 1.29 is 9.47 Å². The fourth-order valence-corrected chi connectivity index (χ4v) is 4.76. The molecular weight excluding hydrogens is 416 g/mol. The SMILES string of the molecule is COc1ccccc1N1CN(CC2CCCO2)Cn2c1nc(C)c(Cc1ccccc1)c2=O. The first kappa shape index (κ1) is 21.7. The fourth-order valence-electron chi connectivity index (χ4n) is 4.76. The van der Waals surface area contributed by atoms with E-state index in [0.29, 0.717) is 25.7 Å². The third kappa shape index (κ3) is 4.38. The first-order chi connectivity index (χ1) is 16.1. The number of hydrogen-bond donors (Lipinski definition) is 0. The number of methoxy groups -OCH3 is 1. The number of ether oxygens (including phenoxy) is 2. The van der Waals surface area contributed by atoms with Gasteiger partial charge in [0.2, 0.25) is 5.95 Å². The van der Waals surface area contributed by atoms with Gasteiger partial charge in [-0.1, -0.05) is 42.5 Å². The fraction of sp³-hybridized carbons (Fsp3) is 0.385. The molecule has 5 rings (SSSR count). The zero-order valence-corrected chi connectivity index (χ0v) is 19.2. The lowest BCUT2D eigenvalue weighted by Crippen LogP contribution is -2.50. The Balaban J connectivity index is 1.58. The van der Waals surface area contributed by atoms with E-state index in [2.05, 4.69) is 9.80 Å². The zero-order chi connectivity index (χ0) is 22.8. The van der Waals surface area contributed by atoms with Crippen molar-refractivity contribution in [2.24, 2.45) is 0 Å². The topological polar surface area (TPSA) is 59.8 Å². The van der Waals surface area contributed by atoms with Gasteiger partial charge in [-0.25, -0.2) is 4.98 Å². The van der Waals surface area contributed by atoms with Crippen LogP contribution in [-0.2, 0) is 17.8 Å². The van der Waals surface area contributed by atoms with Gasteiger partial charge in [0.1, 0.15) is 5.75 Å². The van der Waals surface area contributed by atoms with Crippen molar-refractivity contribution in [1.82, 2.24) is 14.5 Å². The minimum atomic E-state index is 0.0123. The molecule has 1 atom stereocenters. The average molecular weight is 447 g/mol. The van der Waals surface area contributed by atoms with Gasteiger partial charge < -0.3 is 9.47 Å². The molecule has 172 valence electrons. The summed E-state index contributed by atoms with van der Waals surface area (Å²) >= 11 is 0. The maximum atomic E-state index is 13.8. The molecule has 0 amide bonds. The van der Waals surface area contributed by atoms with Crippen LogP contribution in [0.25, 0.3) is 0 Å². The number of aromatic nitrogens is 2. The molecule has 33 heavy (non-hydrogen) atoms. The van der Waals surface area contributed by atoms with Gasteiger partial charge in [0.15, 0.2) is 0 Å². The first-order valence-corrected chi connectivity index (χ1v) is 11.5. The Kier molecular flexibility index (Phi) is 6.15. The average Bonchev–Trinajstić information content (AvgIpc) is 3.35. The molecule has 2 aliphatic rings. The molecule has 7 heteroatoms. The van der Waals surface area contributed by atoms with E-state index in [1.807, 2.05) is 61.5 Å². The molecule has 1 unspecified atom stereocenters. The van der Waals surface area contributed by atoms with Crippen molar-refractivity contribution in [3.05, 3.63) is 81.8 Å².